The van der Waals surface area contributed by atoms with E-state index in [9.17, 15) is 22.0 Å². The molecule has 0 saturated carbocycles. The first-order valence-electron chi connectivity index (χ1n) is 8.73. The fourth-order valence-electron chi connectivity index (χ4n) is 3.01. The Morgan fingerprint density at radius 1 is 0.931 bits per heavy atom. The number of halogens is 5. The van der Waals surface area contributed by atoms with Gasteiger partial charge in [-0.1, -0.05) is 12.1 Å². The van der Waals surface area contributed by atoms with Gasteiger partial charge in [0.15, 0.2) is 0 Å². The largest absolute Gasteiger partial charge is 0.494 e. The molecule has 0 bridgehead atoms. The molecule has 0 N–H and O–H groups in total. The maximum atomic E-state index is 13.9. The lowest BCUT2D eigenvalue weighted by Crippen LogP contribution is -2.41. The van der Waals surface area contributed by atoms with Gasteiger partial charge < -0.3 is 9.31 Å². The van der Waals surface area contributed by atoms with E-state index in [-0.39, 0.29) is 11.0 Å². The minimum absolute atomic E-state index is 0.134. The molecule has 3 nitrogen and oxygen atoms in total. The summed E-state index contributed by atoms with van der Waals surface area (Å²) in [4.78, 5) is 0. The van der Waals surface area contributed by atoms with E-state index in [1.807, 2.05) is 0 Å². The Bertz CT molecular complexity index is 972. The number of rotatable bonds is 2. The van der Waals surface area contributed by atoms with Crippen LogP contribution in [0.25, 0.3) is 11.1 Å². The molecule has 2 aromatic carbocycles. The van der Waals surface area contributed by atoms with Crippen LogP contribution < -0.4 is 5.46 Å². The highest BCUT2D eigenvalue weighted by atomic mass is 19.4. The minimum atomic E-state index is -4.80. The van der Waals surface area contributed by atoms with Crippen LogP contribution in [0.5, 0.6) is 0 Å². The van der Waals surface area contributed by atoms with Crippen molar-refractivity contribution in [2.75, 3.05) is 0 Å². The minimum Gasteiger partial charge on any atom is -0.399 e. The van der Waals surface area contributed by atoms with Crippen molar-refractivity contribution in [2.24, 2.45) is 0 Å². The summed E-state index contributed by atoms with van der Waals surface area (Å²) in [6.45, 7) is 7.09. The third-order valence-corrected chi connectivity index (χ3v) is 5.34. The van der Waals surface area contributed by atoms with Gasteiger partial charge in [0, 0.05) is 0 Å². The third-order valence-electron chi connectivity index (χ3n) is 5.34. The topological polar surface area (TPSA) is 42.2 Å². The van der Waals surface area contributed by atoms with Crippen molar-refractivity contribution in [1.29, 1.82) is 5.26 Å². The molecule has 29 heavy (non-hydrogen) atoms. The van der Waals surface area contributed by atoms with Crippen molar-refractivity contribution in [2.45, 2.75) is 45.1 Å². The van der Waals surface area contributed by atoms with Gasteiger partial charge in [-0.05, 0) is 62.5 Å². The predicted octanol–water partition coefficient (Wildman–Crippen LogP) is 4.82. The summed E-state index contributed by atoms with van der Waals surface area (Å²) >= 11 is 0. The summed E-state index contributed by atoms with van der Waals surface area (Å²) in [5.74, 6) is -2.46. The molecule has 1 fully saturated rings. The standard InChI is InChI=1S/C20H17BF5NO2/c1-18(2)19(3,4)29-21(28-18)12-5-6-13(15(9-12)20(24,25)26)11-7-16(22)14(10-27)17(23)8-11/h5-9H,1-4H3. The SMILES string of the molecule is CC1(C)OB(c2ccc(-c3cc(F)c(C#N)c(F)c3)c(C(F)(F)F)c2)OC1(C)C. The molecule has 1 aliphatic heterocycles. The van der Waals surface area contributed by atoms with Gasteiger partial charge >= 0.3 is 13.3 Å². The summed E-state index contributed by atoms with van der Waals surface area (Å²) in [5, 5.41) is 8.75. The Morgan fingerprint density at radius 2 is 1.45 bits per heavy atom. The van der Waals surface area contributed by atoms with Gasteiger partial charge in [-0.3, -0.25) is 0 Å². The zero-order valence-electron chi connectivity index (χ0n) is 16.1. The molecule has 0 unspecified atom stereocenters. The molecule has 1 saturated heterocycles. The van der Waals surface area contributed by atoms with Crippen LogP contribution in [0.3, 0.4) is 0 Å². The molecular formula is C20H17BF5NO2. The van der Waals surface area contributed by atoms with E-state index in [2.05, 4.69) is 0 Å². The zero-order valence-corrected chi connectivity index (χ0v) is 16.1. The normalized spacial score (nSPS) is 18.0. The molecule has 0 atom stereocenters. The van der Waals surface area contributed by atoms with E-state index in [1.165, 1.54) is 12.1 Å². The van der Waals surface area contributed by atoms with E-state index in [4.69, 9.17) is 14.6 Å². The van der Waals surface area contributed by atoms with Crippen LogP contribution >= 0.6 is 0 Å². The first kappa shape index (κ1) is 21.3. The second kappa shape index (κ2) is 6.82. The number of nitriles is 1. The van der Waals surface area contributed by atoms with Crippen LogP contribution in [-0.4, -0.2) is 18.3 Å². The van der Waals surface area contributed by atoms with Crippen LogP contribution in [-0.2, 0) is 15.5 Å². The maximum absolute atomic E-state index is 13.9. The number of hydrogen-bond donors (Lipinski definition) is 0. The smallest absolute Gasteiger partial charge is 0.399 e. The Labute approximate surface area is 165 Å². The van der Waals surface area contributed by atoms with Gasteiger partial charge in [0.1, 0.15) is 23.3 Å². The summed E-state index contributed by atoms with van der Waals surface area (Å²) in [6.07, 6.45) is -4.80. The second-order valence-electron chi connectivity index (χ2n) is 7.82. The molecule has 0 amide bonds. The average molecular weight is 409 g/mol. The van der Waals surface area contributed by atoms with Gasteiger partial charge in [0.2, 0.25) is 0 Å². The number of hydrogen-bond acceptors (Lipinski definition) is 3. The fraction of sp³-hybridized carbons (Fsp3) is 0.350. The van der Waals surface area contributed by atoms with Crippen molar-refractivity contribution in [3.63, 3.8) is 0 Å². The third kappa shape index (κ3) is 3.75. The number of benzene rings is 2. The second-order valence-corrected chi connectivity index (χ2v) is 7.82. The quantitative estimate of drug-likeness (QED) is 0.528. The monoisotopic (exact) mass is 409 g/mol. The molecule has 0 radical (unpaired) electrons. The Balaban J connectivity index is 2.11. The maximum Gasteiger partial charge on any atom is 0.494 e. The lowest BCUT2D eigenvalue weighted by Gasteiger charge is -2.32. The van der Waals surface area contributed by atoms with Gasteiger partial charge in [0.25, 0.3) is 0 Å². The average Bonchev–Trinajstić information content (AvgIpc) is 2.81. The molecule has 1 aliphatic rings. The van der Waals surface area contributed by atoms with Crippen LogP contribution in [0.2, 0.25) is 0 Å². The van der Waals surface area contributed by atoms with Crippen LogP contribution in [0.1, 0.15) is 38.8 Å². The molecule has 9 heteroatoms. The lowest BCUT2D eigenvalue weighted by molar-refractivity contribution is -0.137. The van der Waals surface area contributed by atoms with E-state index in [0.717, 1.165) is 12.1 Å². The summed E-state index contributed by atoms with van der Waals surface area (Å²) in [7, 11) is -1.02. The summed E-state index contributed by atoms with van der Waals surface area (Å²) in [5.41, 5.74) is -4.03. The Morgan fingerprint density at radius 3 is 1.90 bits per heavy atom. The highest BCUT2D eigenvalue weighted by molar-refractivity contribution is 6.62. The first-order valence-corrected chi connectivity index (χ1v) is 8.73. The van der Waals surface area contributed by atoms with E-state index < -0.39 is 52.8 Å². The van der Waals surface area contributed by atoms with Crippen molar-refractivity contribution in [1.82, 2.24) is 0 Å². The Kier molecular flexibility index (Phi) is 5.00. The van der Waals surface area contributed by atoms with E-state index >= 15 is 0 Å². The molecule has 152 valence electrons. The highest BCUT2D eigenvalue weighted by Gasteiger charge is 2.52. The van der Waals surface area contributed by atoms with Crippen molar-refractivity contribution in [3.8, 4) is 17.2 Å². The summed E-state index contributed by atoms with van der Waals surface area (Å²) in [6, 6.07) is 6.09. The first-order chi connectivity index (χ1) is 13.3. The number of nitrogens with zero attached hydrogens (tertiary/aromatic N) is 1. The molecule has 2 aromatic rings. The van der Waals surface area contributed by atoms with E-state index in [0.29, 0.717) is 12.1 Å². The van der Waals surface area contributed by atoms with Gasteiger partial charge in [0.05, 0.1) is 16.8 Å². The molecule has 3 rings (SSSR count). The molecule has 0 aliphatic carbocycles. The van der Waals surface area contributed by atoms with Crippen molar-refractivity contribution in [3.05, 3.63) is 53.1 Å². The van der Waals surface area contributed by atoms with Crippen LogP contribution in [0.4, 0.5) is 22.0 Å². The van der Waals surface area contributed by atoms with Crippen LogP contribution in [0.15, 0.2) is 30.3 Å². The van der Waals surface area contributed by atoms with Crippen molar-refractivity contribution >= 4 is 12.6 Å². The lowest BCUT2D eigenvalue weighted by atomic mass is 9.77. The number of alkyl halides is 3. The van der Waals surface area contributed by atoms with Gasteiger partial charge in [-0.15, -0.1) is 0 Å². The predicted molar refractivity (Wildman–Crippen MR) is 97.2 cm³/mol. The fourth-order valence-corrected chi connectivity index (χ4v) is 3.01. The molecule has 0 spiro atoms. The van der Waals surface area contributed by atoms with Crippen molar-refractivity contribution < 1.29 is 31.3 Å². The molecule has 0 aromatic heterocycles. The van der Waals surface area contributed by atoms with Crippen LogP contribution in [0, 0.1) is 23.0 Å². The summed E-state index contributed by atoms with van der Waals surface area (Å²) < 4.78 is 80.6. The zero-order chi connectivity index (χ0) is 21.8. The molecular weight excluding hydrogens is 392 g/mol. The van der Waals surface area contributed by atoms with Gasteiger partial charge in [-0.2, -0.15) is 18.4 Å². The van der Waals surface area contributed by atoms with Gasteiger partial charge in [-0.25, -0.2) is 8.78 Å². The Hall–Kier alpha value is -2.44. The van der Waals surface area contributed by atoms with E-state index in [1.54, 1.807) is 27.7 Å². The highest BCUT2D eigenvalue weighted by Crippen LogP contribution is 2.39. The molecule has 1 heterocycles.